The van der Waals surface area contributed by atoms with E-state index in [0.717, 1.165) is 25.1 Å². The van der Waals surface area contributed by atoms with Crippen LogP contribution in [0.25, 0.3) is 0 Å². The molecule has 0 saturated carbocycles. The number of aliphatic hydroxyl groups excluding tert-OH is 1. The largest absolute Gasteiger partial charge is 0.402 e. The van der Waals surface area contributed by atoms with Crippen molar-refractivity contribution in [1.82, 2.24) is 4.90 Å². The van der Waals surface area contributed by atoms with Gasteiger partial charge in [-0.05, 0) is 30.9 Å². The van der Waals surface area contributed by atoms with Gasteiger partial charge in [0.15, 0.2) is 0 Å². The van der Waals surface area contributed by atoms with Crippen molar-refractivity contribution in [3.05, 3.63) is 23.7 Å². The van der Waals surface area contributed by atoms with Crippen LogP contribution in [0.2, 0.25) is 0 Å². The summed E-state index contributed by atoms with van der Waals surface area (Å²) in [5, 5.41) is 9.53. The Kier molecular flexibility index (Phi) is 4.68. The minimum Gasteiger partial charge on any atom is -0.402 e. The van der Waals surface area contributed by atoms with Crippen LogP contribution in [0.1, 0.15) is 26.7 Å². The Bertz CT molecular complexity index is 284. The van der Waals surface area contributed by atoms with Crippen LogP contribution in [0, 0.1) is 5.92 Å². The molecule has 0 aromatic heterocycles. The third kappa shape index (κ3) is 3.77. The number of nitrogens with zero attached hydrogens (tertiary/aromatic N) is 1. The first-order valence-electron chi connectivity index (χ1n) is 5.86. The molecule has 0 aromatic carbocycles. The van der Waals surface area contributed by atoms with Crippen LogP contribution in [-0.4, -0.2) is 29.2 Å². The molecule has 16 heavy (non-hydrogen) atoms. The van der Waals surface area contributed by atoms with Crippen LogP contribution in [0.3, 0.4) is 0 Å². The highest BCUT2D eigenvalue weighted by molar-refractivity contribution is 5.15. The first kappa shape index (κ1) is 12.9. The molecular weight excluding hydrogens is 202 g/mol. The summed E-state index contributed by atoms with van der Waals surface area (Å²) in [5.41, 5.74) is 12.6. The van der Waals surface area contributed by atoms with Gasteiger partial charge in [0.25, 0.3) is 0 Å². The van der Waals surface area contributed by atoms with Gasteiger partial charge in [0, 0.05) is 18.8 Å². The van der Waals surface area contributed by atoms with Gasteiger partial charge >= 0.3 is 0 Å². The molecule has 1 rings (SSSR count). The maximum atomic E-state index is 9.53. The Hall–Kier alpha value is -1.16. The van der Waals surface area contributed by atoms with E-state index in [1.807, 2.05) is 30.9 Å². The summed E-state index contributed by atoms with van der Waals surface area (Å²) in [6.07, 6.45) is 5.27. The smallest absolute Gasteiger partial charge is 0.0987 e. The van der Waals surface area contributed by atoms with E-state index in [4.69, 9.17) is 11.5 Å². The second-order valence-electron chi connectivity index (χ2n) is 4.65. The van der Waals surface area contributed by atoms with Gasteiger partial charge in [0.2, 0.25) is 0 Å². The van der Waals surface area contributed by atoms with E-state index in [1.165, 1.54) is 0 Å². The van der Waals surface area contributed by atoms with Crippen molar-refractivity contribution in [2.75, 3.05) is 13.1 Å². The van der Waals surface area contributed by atoms with Crippen molar-refractivity contribution in [3.63, 3.8) is 0 Å². The van der Waals surface area contributed by atoms with Crippen LogP contribution in [-0.2, 0) is 0 Å². The number of likely N-dealkylation sites (tertiary alicyclic amines) is 1. The van der Waals surface area contributed by atoms with Crippen LogP contribution >= 0.6 is 0 Å². The summed E-state index contributed by atoms with van der Waals surface area (Å²) in [5.74, 6) is 1.01. The zero-order valence-corrected chi connectivity index (χ0v) is 10.2. The summed E-state index contributed by atoms with van der Waals surface area (Å²) in [4.78, 5) is 2.00. The SMILES string of the molecule is CC(C)/C(N)=C/C=C(\N)N1CCCC(O)C1. The summed E-state index contributed by atoms with van der Waals surface area (Å²) >= 11 is 0. The van der Waals surface area contributed by atoms with Crippen LogP contribution < -0.4 is 11.5 Å². The van der Waals surface area contributed by atoms with Crippen molar-refractivity contribution >= 4 is 0 Å². The van der Waals surface area contributed by atoms with Crippen molar-refractivity contribution in [3.8, 4) is 0 Å². The molecule has 0 bridgehead atoms. The molecule has 92 valence electrons. The topological polar surface area (TPSA) is 75.5 Å². The molecule has 5 N–H and O–H groups in total. The summed E-state index contributed by atoms with van der Waals surface area (Å²) in [6, 6.07) is 0. The van der Waals surface area contributed by atoms with Crippen molar-refractivity contribution < 1.29 is 5.11 Å². The lowest BCUT2D eigenvalue weighted by atomic mass is 10.1. The van der Waals surface area contributed by atoms with Crippen LogP contribution in [0.15, 0.2) is 23.7 Å². The van der Waals surface area contributed by atoms with E-state index in [2.05, 4.69) is 0 Å². The van der Waals surface area contributed by atoms with Gasteiger partial charge < -0.3 is 21.5 Å². The monoisotopic (exact) mass is 225 g/mol. The summed E-state index contributed by atoms with van der Waals surface area (Å²) in [7, 11) is 0. The van der Waals surface area contributed by atoms with E-state index in [1.54, 1.807) is 0 Å². The van der Waals surface area contributed by atoms with E-state index >= 15 is 0 Å². The van der Waals surface area contributed by atoms with Crippen molar-refractivity contribution in [2.24, 2.45) is 17.4 Å². The Morgan fingerprint density at radius 2 is 2.06 bits per heavy atom. The van der Waals surface area contributed by atoms with E-state index in [0.29, 0.717) is 18.3 Å². The summed E-state index contributed by atoms with van der Waals surface area (Å²) in [6.45, 7) is 5.62. The third-order valence-corrected chi connectivity index (χ3v) is 2.87. The Labute approximate surface area is 97.6 Å². The number of rotatable bonds is 3. The third-order valence-electron chi connectivity index (χ3n) is 2.87. The average Bonchev–Trinajstić information content (AvgIpc) is 2.25. The maximum absolute atomic E-state index is 9.53. The molecule has 1 saturated heterocycles. The molecule has 1 heterocycles. The lowest BCUT2D eigenvalue weighted by Gasteiger charge is -2.31. The molecule has 0 spiro atoms. The second kappa shape index (κ2) is 5.80. The van der Waals surface area contributed by atoms with Gasteiger partial charge in [-0.2, -0.15) is 0 Å². The number of piperidine rings is 1. The average molecular weight is 225 g/mol. The molecule has 4 nitrogen and oxygen atoms in total. The first-order chi connectivity index (χ1) is 7.50. The van der Waals surface area contributed by atoms with Crippen LogP contribution in [0.4, 0.5) is 0 Å². The molecule has 1 atom stereocenters. The lowest BCUT2D eigenvalue weighted by molar-refractivity contribution is 0.0872. The Morgan fingerprint density at radius 3 is 2.62 bits per heavy atom. The number of β-amino-alcohol motifs (C(OH)–C–C–N with tert-alkyl or cyclic N) is 1. The van der Waals surface area contributed by atoms with E-state index < -0.39 is 0 Å². The fourth-order valence-corrected chi connectivity index (χ4v) is 1.67. The molecule has 4 heteroatoms. The predicted molar refractivity (Wildman–Crippen MR) is 66.2 cm³/mol. The van der Waals surface area contributed by atoms with Gasteiger partial charge in [0.05, 0.1) is 11.9 Å². The lowest BCUT2D eigenvalue weighted by Crippen LogP contribution is -2.39. The molecule has 0 radical (unpaired) electrons. The molecule has 1 aliphatic heterocycles. The zero-order chi connectivity index (χ0) is 12.1. The number of allylic oxidation sites excluding steroid dienone is 3. The highest BCUT2D eigenvalue weighted by Crippen LogP contribution is 2.13. The molecule has 1 fully saturated rings. The first-order valence-corrected chi connectivity index (χ1v) is 5.86. The molecule has 0 aromatic rings. The fourth-order valence-electron chi connectivity index (χ4n) is 1.67. The predicted octanol–water partition coefficient (Wildman–Crippen LogP) is 0.742. The number of aliphatic hydroxyl groups is 1. The fraction of sp³-hybridized carbons (Fsp3) is 0.667. The quantitative estimate of drug-likeness (QED) is 0.619. The van der Waals surface area contributed by atoms with E-state index in [-0.39, 0.29) is 6.10 Å². The number of nitrogens with two attached hydrogens (primary N) is 2. The van der Waals surface area contributed by atoms with Gasteiger partial charge in [0.1, 0.15) is 0 Å². The van der Waals surface area contributed by atoms with E-state index in [9.17, 15) is 5.11 Å². The molecule has 0 aliphatic carbocycles. The Balaban J connectivity index is 2.59. The van der Waals surface area contributed by atoms with Crippen molar-refractivity contribution in [2.45, 2.75) is 32.8 Å². The van der Waals surface area contributed by atoms with Gasteiger partial charge in [-0.25, -0.2) is 0 Å². The maximum Gasteiger partial charge on any atom is 0.0987 e. The highest BCUT2D eigenvalue weighted by atomic mass is 16.3. The zero-order valence-electron chi connectivity index (χ0n) is 10.2. The highest BCUT2D eigenvalue weighted by Gasteiger charge is 2.17. The van der Waals surface area contributed by atoms with Gasteiger partial charge in [-0.1, -0.05) is 13.8 Å². The van der Waals surface area contributed by atoms with Crippen LogP contribution in [0.5, 0.6) is 0 Å². The number of hydrogen-bond donors (Lipinski definition) is 3. The normalized spacial score (nSPS) is 24.0. The molecule has 0 amide bonds. The van der Waals surface area contributed by atoms with Crippen molar-refractivity contribution in [1.29, 1.82) is 0 Å². The molecule has 1 aliphatic rings. The Morgan fingerprint density at radius 1 is 1.38 bits per heavy atom. The minimum absolute atomic E-state index is 0.257. The molecular formula is C12H23N3O. The minimum atomic E-state index is -0.257. The summed E-state index contributed by atoms with van der Waals surface area (Å²) < 4.78 is 0. The standard InChI is InChI=1S/C12H23N3O/c1-9(2)11(13)5-6-12(14)15-7-3-4-10(16)8-15/h5-6,9-10,16H,3-4,7-8,13-14H2,1-2H3/b11-5-,12-6+. The second-order valence-corrected chi connectivity index (χ2v) is 4.65. The number of hydrogen-bond acceptors (Lipinski definition) is 4. The van der Waals surface area contributed by atoms with Gasteiger partial charge in [-0.3, -0.25) is 0 Å². The van der Waals surface area contributed by atoms with Gasteiger partial charge in [-0.15, -0.1) is 0 Å². The molecule has 1 unspecified atom stereocenters.